The summed E-state index contributed by atoms with van der Waals surface area (Å²) in [5.74, 6) is 0.0558. The van der Waals surface area contributed by atoms with Gasteiger partial charge in [-0.25, -0.2) is 0 Å². The number of benzene rings is 1. The molecule has 2 atom stereocenters. The first-order valence-electron chi connectivity index (χ1n) is 6.25. The number of carbonyl (C=O) groups excluding carboxylic acids is 1. The van der Waals surface area contributed by atoms with Gasteiger partial charge in [-0.15, -0.1) is 0 Å². The smallest absolute Gasteiger partial charge is 0.241 e. The fourth-order valence-corrected chi connectivity index (χ4v) is 1.87. The Morgan fingerprint density at radius 3 is 2.94 bits per heavy atom. The van der Waals surface area contributed by atoms with Crippen LogP contribution in [0.4, 0.5) is 5.69 Å². The maximum atomic E-state index is 11.9. The van der Waals surface area contributed by atoms with Crippen molar-refractivity contribution in [3.05, 3.63) is 30.5 Å². The first kappa shape index (κ1) is 12.6. The summed E-state index contributed by atoms with van der Waals surface area (Å²) in [7, 11) is 0. The van der Waals surface area contributed by atoms with E-state index in [4.69, 9.17) is 5.73 Å². The van der Waals surface area contributed by atoms with E-state index in [-0.39, 0.29) is 11.8 Å². The molecule has 0 aliphatic carbocycles. The quantitative estimate of drug-likeness (QED) is 0.774. The van der Waals surface area contributed by atoms with Crippen molar-refractivity contribution in [1.29, 1.82) is 0 Å². The highest BCUT2D eigenvalue weighted by atomic mass is 16.2. The number of rotatable bonds is 4. The Bertz CT molecular complexity index is 547. The lowest BCUT2D eigenvalue weighted by Crippen LogP contribution is -2.40. The van der Waals surface area contributed by atoms with Crippen molar-refractivity contribution in [3.8, 4) is 0 Å². The molecule has 4 heteroatoms. The minimum absolute atomic E-state index is 0.126. The molecule has 1 amide bonds. The molecule has 0 bridgehead atoms. The Balaban J connectivity index is 2.10. The molecule has 2 rings (SSSR count). The molecular formula is C14H19N3O. The van der Waals surface area contributed by atoms with Crippen molar-refractivity contribution in [2.75, 3.05) is 5.32 Å². The van der Waals surface area contributed by atoms with Crippen molar-refractivity contribution >= 4 is 22.5 Å². The standard InChI is InChI=1S/C14H19N3O/c1-3-9(2)13(15)14(18)17-11-4-5-12-10(8-11)6-7-16-12/h4-9,13,16H,3,15H2,1-2H3,(H,17,18)/t9?,13-/m0/s1. The summed E-state index contributed by atoms with van der Waals surface area (Å²) in [5, 5.41) is 3.94. The zero-order valence-corrected chi connectivity index (χ0v) is 10.7. The highest BCUT2D eigenvalue weighted by molar-refractivity contribution is 5.96. The fraction of sp³-hybridized carbons (Fsp3) is 0.357. The predicted octanol–water partition coefficient (Wildman–Crippen LogP) is 2.48. The van der Waals surface area contributed by atoms with E-state index in [9.17, 15) is 4.79 Å². The molecule has 4 N–H and O–H groups in total. The van der Waals surface area contributed by atoms with Gasteiger partial charge in [0.25, 0.3) is 0 Å². The summed E-state index contributed by atoms with van der Waals surface area (Å²) in [6.45, 7) is 4.02. The normalized spacial score (nSPS) is 14.4. The summed E-state index contributed by atoms with van der Waals surface area (Å²) in [5.41, 5.74) is 7.73. The molecule has 18 heavy (non-hydrogen) atoms. The highest BCUT2D eigenvalue weighted by Crippen LogP contribution is 2.18. The van der Waals surface area contributed by atoms with Gasteiger partial charge in [0.05, 0.1) is 6.04 Å². The highest BCUT2D eigenvalue weighted by Gasteiger charge is 2.19. The molecule has 0 aliphatic rings. The molecule has 1 aromatic carbocycles. The molecule has 0 spiro atoms. The van der Waals surface area contributed by atoms with E-state index in [1.807, 2.05) is 44.3 Å². The van der Waals surface area contributed by atoms with Crippen molar-refractivity contribution in [2.24, 2.45) is 11.7 Å². The number of nitrogens with one attached hydrogen (secondary N) is 2. The maximum Gasteiger partial charge on any atom is 0.241 e. The molecule has 0 saturated carbocycles. The van der Waals surface area contributed by atoms with Crippen LogP contribution in [0.1, 0.15) is 20.3 Å². The number of fused-ring (bicyclic) bond motifs is 1. The van der Waals surface area contributed by atoms with Crippen molar-refractivity contribution in [1.82, 2.24) is 4.98 Å². The third-order valence-electron chi connectivity index (χ3n) is 3.38. The number of carbonyl (C=O) groups is 1. The van der Waals surface area contributed by atoms with Gasteiger partial charge < -0.3 is 16.0 Å². The second-order valence-electron chi connectivity index (χ2n) is 4.68. The molecular weight excluding hydrogens is 226 g/mol. The van der Waals surface area contributed by atoms with Gasteiger partial charge >= 0.3 is 0 Å². The number of anilines is 1. The number of aromatic amines is 1. The molecule has 2 aromatic rings. The van der Waals surface area contributed by atoms with Gasteiger partial charge in [-0.1, -0.05) is 20.3 Å². The predicted molar refractivity (Wildman–Crippen MR) is 74.4 cm³/mol. The maximum absolute atomic E-state index is 11.9. The van der Waals surface area contributed by atoms with Crippen LogP contribution in [0.15, 0.2) is 30.5 Å². The van der Waals surface area contributed by atoms with E-state index in [2.05, 4.69) is 10.3 Å². The number of H-pyrrole nitrogens is 1. The summed E-state index contributed by atoms with van der Waals surface area (Å²) < 4.78 is 0. The van der Waals surface area contributed by atoms with Crippen molar-refractivity contribution in [3.63, 3.8) is 0 Å². The zero-order valence-electron chi connectivity index (χ0n) is 10.7. The zero-order chi connectivity index (χ0) is 13.1. The third-order valence-corrected chi connectivity index (χ3v) is 3.38. The van der Waals surface area contributed by atoms with Gasteiger partial charge in [0.1, 0.15) is 0 Å². The summed E-state index contributed by atoms with van der Waals surface area (Å²) in [6, 6.07) is 7.27. The summed E-state index contributed by atoms with van der Waals surface area (Å²) >= 11 is 0. The number of hydrogen-bond acceptors (Lipinski definition) is 2. The van der Waals surface area contributed by atoms with Gasteiger partial charge in [0.15, 0.2) is 0 Å². The van der Waals surface area contributed by atoms with Gasteiger partial charge in [0, 0.05) is 22.8 Å². The number of aromatic nitrogens is 1. The molecule has 0 aliphatic heterocycles. The van der Waals surface area contributed by atoms with Crippen LogP contribution in [0.3, 0.4) is 0 Å². The average molecular weight is 245 g/mol. The van der Waals surface area contributed by atoms with Gasteiger partial charge in [-0.3, -0.25) is 4.79 Å². The van der Waals surface area contributed by atoms with Crippen molar-refractivity contribution < 1.29 is 4.79 Å². The Hall–Kier alpha value is -1.81. The van der Waals surface area contributed by atoms with E-state index >= 15 is 0 Å². The second-order valence-corrected chi connectivity index (χ2v) is 4.68. The molecule has 96 valence electrons. The molecule has 0 saturated heterocycles. The topological polar surface area (TPSA) is 70.9 Å². The number of nitrogens with two attached hydrogens (primary N) is 1. The molecule has 0 fully saturated rings. The first-order valence-corrected chi connectivity index (χ1v) is 6.25. The largest absolute Gasteiger partial charge is 0.361 e. The minimum atomic E-state index is -0.461. The molecule has 4 nitrogen and oxygen atoms in total. The lowest BCUT2D eigenvalue weighted by Gasteiger charge is -2.17. The summed E-state index contributed by atoms with van der Waals surface area (Å²) in [4.78, 5) is 15.1. The molecule has 1 aromatic heterocycles. The van der Waals surface area contributed by atoms with Gasteiger partial charge in [-0.05, 0) is 30.2 Å². The van der Waals surface area contributed by atoms with Crippen LogP contribution in [0.25, 0.3) is 10.9 Å². The van der Waals surface area contributed by atoms with Crippen LogP contribution in [0.5, 0.6) is 0 Å². The second kappa shape index (κ2) is 5.23. The van der Waals surface area contributed by atoms with Gasteiger partial charge in [-0.2, -0.15) is 0 Å². The molecule has 1 heterocycles. The van der Waals surface area contributed by atoms with E-state index in [1.165, 1.54) is 0 Å². The minimum Gasteiger partial charge on any atom is -0.361 e. The fourth-order valence-electron chi connectivity index (χ4n) is 1.87. The Labute approximate surface area is 107 Å². The van der Waals surface area contributed by atoms with Crippen molar-refractivity contribution in [2.45, 2.75) is 26.3 Å². The lowest BCUT2D eigenvalue weighted by atomic mass is 9.99. The first-order chi connectivity index (χ1) is 8.61. The third kappa shape index (κ3) is 2.54. The van der Waals surface area contributed by atoms with E-state index < -0.39 is 6.04 Å². The number of hydrogen-bond donors (Lipinski definition) is 3. The van der Waals surface area contributed by atoms with Crippen LogP contribution in [-0.4, -0.2) is 16.9 Å². The van der Waals surface area contributed by atoms with Crippen LogP contribution in [0, 0.1) is 5.92 Å². The van der Waals surface area contributed by atoms with Gasteiger partial charge in [0.2, 0.25) is 5.91 Å². The molecule has 1 unspecified atom stereocenters. The van der Waals surface area contributed by atoms with Crippen LogP contribution >= 0.6 is 0 Å². The van der Waals surface area contributed by atoms with Crippen LogP contribution in [-0.2, 0) is 4.79 Å². The summed E-state index contributed by atoms with van der Waals surface area (Å²) in [6.07, 6.45) is 2.77. The van der Waals surface area contributed by atoms with Crippen LogP contribution < -0.4 is 11.1 Å². The number of amides is 1. The Morgan fingerprint density at radius 2 is 2.22 bits per heavy atom. The monoisotopic (exact) mass is 245 g/mol. The van der Waals surface area contributed by atoms with E-state index in [0.29, 0.717) is 0 Å². The van der Waals surface area contributed by atoms with E-state index in [1.54, 1.807) is 0 Å². The Kier molecular flexibility index (Phi) is 3.67. The Morgan fingerprint density at radius 1 is 1.44 bits per heavy atom. The SMILES string of the molecule is CCC(C)[C@H](N)C(=O)Nc1ccc2[nH]ccc2c1. The lowest BCUT2D eigenvalue weighted by molar-refractivity contribution is -0.118. The molecule has 0 radical (unpaired) electrons. The van der Waals surface area contributed by atoms with Crippen LogP contribution in [0.2, 0.25) is 0 Å². The van der Waals surface area contributed by atoms with E-state index in [0.717, 1.165) is 23.0 Å². The average Bonchev–Trinajstić information content (AvgIpc) is 2.84.